The average Bonchev–Trinajstić information content (AvgIpc) is 2.29. The summed E-state index contributed by atoms with van der Waals surface area (Å²) >= 11 is 11.8. The van der Waals surface area contributed by atoms with E-state index in [1.807, 2.05) is 6.07 Å². The van der Waals surface area contributed by atoms with Gasteiger partial charge in [-0.1, -0.05) is 37.0 Å². The van der Waals surface area contributed by atoms with E-state index in [0.29, 0.717) is 10.0 Å². The van der Waals surface area contributed by atoms with Crippen molar-refractivity contribution in [2.24, 2.45) is 0 Å². The summed E-state index contributed by atoms with van der Waals surface area (Å²) < 4.78 is 5.80. The predicted molar refractivity (Wildman–Crippen MR) is 69.7 cm³/mol. The van der Waals surface area contributed by atoms with Gasteiger partial charge >= 0.3 is 0 Å². The van der Waals surface area contributed by atoms with Crippen LogP contribution in [0.5, 0.6) is 5.75 Å². The molecule has 1 N–H and O–H groups in total. The van der Waals surface area contributed by atoms with Gasteiger partial charge in [-0.15, -0.1) is 0 Å². The molecular weight excluding hydrogens is 245 g/mol. The lowest BCUT2D eigenvalue weighted by Crippen LogP contribution is -2.30. The standard InChI is InChI=1S/C12H17Cl2NO/c1-3-9(8-15-4-2)16-10-5-6-11(13)12(14)7-10/h5-7,9,15H,3-4,8H2,1-2H3. The van der Waals surface area contributed by atoms with Gasteiger partial charge in [-0.05, 0) is 25.1 Å². The van der Waals surface area contributed by atoms with Crippen molar-refractivity contribution in [1.82, 2.24) is 5.32 Å². The second-order valence-corrected chi connectivity index (χ2v) is 4.35. The molecule has 0 amide bonds. The van der Waals surface area contributed by atoms with E-state index in [4.69, 9.17) is 27.9 Å². The number of hydrogen-bond acceptors (Lipinski definition) is 2. The van der Waals surface area contributed by atoms with Crippen LogP contribution in [0, 0.1) is 0 Å². The molecule has 0 aliphatic rings. The Labute approximate surface area is 107 Å². The maximum absolute atomic E-state index is 5.92. The minimum Gasteiger partial charge on any atom is -0.489 e. The average molecular weight is 262 g/mol. The van der Waals surface area contributed by atoms with Crippen molar-refractivity contribution in [2.75, 3.05) is 13.1 Å². The van der Waals surface area contributed by atoms with Crippen LogP contribution in [0.4, 0.5) is 0 Å². The molecule has 90 valence electrons. The van der Waals surface area contributed by atoms with Gasteiger partial charge in [0.1, 0.15) is 11.9 Å². The molecule has 0 radical (unpaired) electrons. The Morgan fingerprint density at radius 3 is 2.56 bits per heavy atom. The van der Waals surface area contributed by atoms with Gasteiger partial charge in [0.15, 0.2) is 0 Å². The highest BCUT2D eigenvalue weighted by atomic mass is 35.5. The highest BCUT2D eigenvalue weighted by Crippen LogP contribution is 2.27. The molecule has 2 nitrogen and oxygen atoms in total. The summed E-state index contributed by atoms with van der Waals surface area (Å²) in [6.45, 7) is 5.96. The fraction of sp³-hybridized carbons (Fsp3) is 0.500. The Bertz CT molecular complexity index is 331. The molecule has 0 saturated heterocycles. The van der Waals surface area contributed by atoms with E-state index in [1.165, 1.54) is 0 Å². The van der Waals surface area contributed by atoms with Crippen molar-refractivity contribution in [3.8, 4) is 5.75 Å². The summed E-state index contributed by atoms with van der Waals surface area (Å²) in [4.78, 5) is 0. The molecule has 0 saturated carbocycles. The molecule has 16 heavy (non-hydrogen) atoms. The second-order valence-electron chi connectivity index (χ2n) is 3.53. The lowest BCUT2D eigenvalue weighted by atomic mass is 10.2. The molecule has 1 atom stereocenters. The number of rotatable bonds is 6. The molecule has 0 aromatic heterocycles. The molecule has 0 aliphatic heterocycles. The Balaban J connectivity index is 2.59. The SMILES string of the molecule is CCNCC(CC)Oc1ccc(Cl)c(Cl)c1. The first-order valence-electron chi connectivity index (χ1n) is 5.49. The number of nitrogens with one attached hydrogen (secondary N) is 1. The zero-order chi connectivity index (χ0) is 12.0. The summed E-state index contributed by atoms with van der Waals surface area (Å²) in [6.07, 6.45) is 1.12. The molecule has 1 rings (SSSR count). The van der Waals surface area contributed by atoms with E-state index < -0.39 is 0 Å². The molecule has 4 heteroatoms. The molecular formula is C12H17Cl2NO. The molecule has 0 fully saturated rings. The number of benzene rings is 1. The number of likely N-dealkylation sites (N-methyl/N-ethyl adjacent to an activating group) is 1. The van der Waals surface area contributed by atoms with Crippen LogP contribution in [0.15, 0.2) is 18.2 Å². The number of halogens is 2. The van der Waals surface area contributed by atoms with Crippen molar-refractivity contribution in [1.29, 1.82) is 0 Å². The van der Waals surface area contributed by atoms with Crippen LogP contribution in [0.25, 0.3) is 0 Å². The largest absolute Gasteiger partial charge is 0.489 e. The van der Waals surface area contributed by atoms with Crippen LogP contribution in [-0.2, 0) is 0 Å². The van der Waals surface area contributed by atoms with Crippen LogP contribution >= 0.6 is 23.2 Å². The second kappa shape index (κ2) is 7.00. The van der Waals surface area contributed by atoms with Crippen molar-refractivity contribution in [2.45, 2.75) is 26.4 Å². The van der Waals surface area contributed by atoms with Gasteiger partial charge in [0.2, 0.25) is 0 Å². The minimum absolute atomic E-state index is 0.164. The zero-order valence-electron chi connectivity index (χ0n) is 9.59. The topological polar surface area (TPSA) is 21.3 Å². The fourth-order valence-corrected chi connectivity index (χ4v) is 1.61. The van der Waals surface area contributed by atoms with Crippen LogP contribution in [-0.4, -0.2) is 19.2 Å². The molecule has 0 spiro atoms. The van der Waals surface area contributed by atoms with Crippen LogP contribution in [0.2, 0.25) is 10.0 Å². The summed E-state index contributed by atoms with van der Waals surface area (Å²) in [5.74, 6) is 0.763. The minimum atomic E-state index is 0.164. The monoisotopic (exact) mass is 261 g/mol. The fourth-order valence-electron chi connectivity index (χ4n) is 1.32. The van der Waals surface area contributed by atoms with E-state index in [2.05, 4.69) is 19.2 Å². The third-order valence-electron chi connectivity index (χ3n) is 2.27. The van der Waals surface area contributed by atoms with Crippen LogP contribution in [0.3, 0.4) is 0 Å². The summed E-state index contributed by atoms with van der Waals surface area (Å²) in [7, 11) is 0. The van der Waals surface area contributed by atoms with E-state index >= 15 is 0 Å². The van der Waals surface area contributed by atoms with E-state index in [-0.39, 0.29) is 6.10 Å². The lowest BCUT2D eigenvalue weighted by Gasteiger charge is -2.18. The van der Waals surface area contributed by atoms with Gasteiger partial charge in [-0.3, -0.25) is 0 Å². The Kier molecular flexibility index (Phi) is 5.96. The third kappa shape index (κ3) is 4.20. The number of ether oxygens (including phenoxy) is 1. The highest BCUT2D eigenvalue weighted by molar-refractivity contribution is 6.42. The number of hydrogen-bond donors (Lipinski definition) is 1. The first-order chi connectivity index (χ1) is 7.67. The summed E-state index contributed by atoms with van der Waals surface area (Å²) in [6, 6.07) is 5.33. The van der Waals surface area contributed by atoms with E-state index in [1.54, 1.807) is 12.1 Å². The maximum atomic E-state index is 5.92. The van der Waals surface area contributed by atoms with Gasteiger partial charge in [-0.2, -0.15) is 0 Å². The predicted octanol–water partition coefficient (Wildman–Crippen LogP) is 3.76. The van der Waals surface area contributed by atoms with Crippen molar-refractivity contribution in [3.63, 3.8) is 0 Å². The van der Waals surface area contributed by atoms with Gasteiger partial charge in [0.25, 0.3) is 0 Å². The molecule has 0 heterocycles. The quantitative estimate of drug-likeness (QED) is 0.842. The van der Waals surface area contributed by atoms with Crippen molar-refractivity contribution in [3.05, 3.63) is 28.2 Å². The summed E-state index contributed by atoms with van der Waals surface area (Å²) in [5.41, 5.74) is 0. The first kappa shape index (κ1) is 13.6. The molecule has 0 aliphatic carbocycles. The van der Waals surface area contributed by atoms with Gasteiger partial charge in [0.05, 0.1) is 10.0 Å². The highest BCUT2D eigenvalue weighted by Gasteiger charge is 2.08. The van der Waals surface area contributed by atoms with Gasteiger partial charge in [0, 0.05) is 12.6 Å². The smallest absolute Gasteiger partial charge is 0.121 e. The molecule has 0 bridgehead atoms. The Morgan fingerprint density at radius 1 is 1.25 bits per heavy atom. The summed E-state index contributed by atoms with van der Waals surface area (Å²) in [5, 5.41) is 4.34. The maximum Gasteiger partial charge on any atom is 0.121 e. The molecule has 1 unspecified atom stereocenters. The lowest BCUT2D eigenvalue weighted by molar-refractivity contribution is 0.194. The zero-order valence-corrected chi connectivity index (χ0v) is 11.1. The Hall–Kier alpha value is -0.440. The van der Waals surface area contributed by atoms with Crippen LogP contribution in [0.1, 0.15) is 20.3 Å². The van der Waals surface area contributed by atoms with Crippen molar-refractivity contribution < 1.29 is 4.74 Å². The van der Waals surface area contributed by atoms with Crippen LogP contribution < -0.4 is 10.1 Å². The molecule has 1 aromatic rings. The van der Waals surface area contributed by atoms with Gasteiger partial charge < -0.3 is 10.1 Å². The Morgan fingerprint density at radius 2 is 2.00 bits per heavy atom. The normalized spacial score (nSPS) is 12.5. The third-order valence-corrected chi connectivity index (χ3v) is 3.01. The first-order valence-corrected chi connectivity index (χ1v) is 6.25. The van der Waals surface area contributed by atoms with Gasteiger partial charge in [-0.25, -0.2) is 0 Å². The van der Waals surface area contributed by atoms with E-state index in [9.17, 15) is 0 Å². The molecule has 1 aromatic carbocycles. The van der Waals surface area contributed by atoms with Crippen molar-refractivity contribution >= 4 is 23.2 Å². The van der Waals surface area contributed by atoms with E-state index in [0.717, 1.165) is 25.3 Å².